The summed E-state index contributed by atoms with van der Waals surface area (Å²) in [6.07, 6.45) is 6.41. The van der Waals surface area contributed by atoms with Crippen LogP contribution in [-0.2, 0) is 14.3 Å². The van der Waals surface area contributed by atoms with E-state index >= 15 is 0 Å². The number of benzene rings is 1. The molecule has 1 saturated carbocycles. The second-order valence-electron chi connectivity index (χ2n) is 9.15. The molecular weight excluding hydrogens is 488 g/mol. The second kappa shape index (κ2) is 12.7. The van der Waals surface area contributed by atoms with Crippen molar-refractivity contribution in [2.45, 2.75) is 37.8 Å². The highest BCUT2D eigenvalue weighted by Crippen LogP contribution is 2.27. The number of anilines is 3. The molecule has 0 saturated heterocycles. The molecule has 1 aliphatic heterocycles. The van der Waals surface area contributed by atoms with E-state index in [1.165, 1.54) is 6.08 Å². The van der Waals surface area contributed by atoms with E-state index in [0.717, 1.165) is 30.5 Å². The molecule has 11 heteroatoms. The summed E-state index contributed by atoms with van der Waals surface area (Å²) in [5.74, 6) is 0.670. The normalized spacial score (nSPS) is 18.5. The number of allylic oxidation sites excluding steroid dienone is 1. The number of aldehydes is 1. The summed E-state index contributed by atoms with van der Waals surface area (Å²) < 4.78 is 10.9. The number of pyridine rings is 1. The smallest absolute Gasteiger partial charge is 0.413 e. The molecule has 2 unspecified atom stereocenters. The molecule has 198 valence electrons. The van der Waals surface area contributed by atoms with Crippen LogP contribution in [0, 0.1) is 11.3 Å². The van der Waals surface area contributed by atoms with Crippen LogP contribution in [0.15, 0.2) is 36.4 Å². The third kappa shape index (κ3) is 7.08. The molecule has 0 bridgehead atoms. The monoisotopic (exact) mass is 518 g/mol. The summed E-state index contributed by atoms with van der Waals surface area (Å²) in [4.78, 5) is 41.0. The van der Waals surface area contributed by atoms with Crippen molar-refractivity contribution in [3.63, 3.8) is 0 Å². The largest absolute Gasteiger partial charge is 0.480 e. The van der Waals surface area contributed by atoms with Crippen molar-refractivity contribution < 1.29 is 23.9 Å². The maximum absolute atomic E-state index is 12.5. The Morgan fingerprint density at radius 2 is 2.21 bits per heavy atom. The fourth-order valence-electron chi connectivity index (χ4n) is 4.56. The van der Waals surface area contributed by atoms with Crippen LogP contribution in [0.25, 0.3) is 6.08 Å². The van der Waals surface area contributed by atoms with Crippen LogP contribution < -0.4 is 25.6 Å². The summed E-state index contributed by atoms with van der Waals surface area (Å²) in [5, 5.41) is 18.0. The minimum Gasteiger partial charge on any atom is -0.480 e. The van der Waals surface area contributed by atoms with Crippen molar-refractivity contribution in [1.82, 2.24) is 10.3 Å². The van der Waals surface area contributed by atoms with Gasteiger partial charge in [0.15, 0.2) is 18.2 Å². The molecule has 3 N–H and O–H groups in total. The maximum Gasteiger partial charge on any atom is 0.413 e. The molecule has 1 aromatic heterocycles. The Bertz CT molecular complexity index is 1260. The highest BCUT2D eigenvalue weighted by atomic mass is 16.6. The Balaban J connectivity index is 1.24. The number of likely N-dealkylation sites (N-methyl/N-ethyl adjacent to an activating group) is 1. The molecule has 1 aliphatic carbocycles. The van der Waals surface area contributed by atoms with Gasteiger partial charge in [-0.3, -0.25) is 14.9 Å². The zero-order chi connectivity index (χ0) is 26.9. The van der Waals surface area contributed by atoms with Crippen LogP contribution >= 0.6 is 0 Å². The molecule has 2 amide bonds. The third-order valence-electron chi connectivity index (χ3n) is 6.41. The Hall–Kier alpha value is -4.43. The van der Waals surface area contributed by atoms with Crippen molar-refractivity contribution >= 4 is 41.7 Å². The summed E-state index contributed by atoms with van der Waals surface area (Å²) in [7, 11) is 1.96. The lowest BCUT2D eigenvalue weighted by Gasteiger charge is -2.30. The molecule has 0 spiro atoms. The second-order valence-corrected chi connectivity index (χ2v) is 9.15. The van der Waals surface area contributed by atoms with Crippen molar-refractivity contribution in [3.8, 4) is 11.8 Å². The Labute approximate surface area is 220 Å². The summed E-state index contributed by atoms with van der Waals surface area (Å²) >= 11 is 0. The van der Waals surface area contributed by atoms with E-state index in [0.29, 0.717) is 37.1 Å². The Morgan fingerprint density at radius 1 is 1.34 bits per heavy atom. The van der Waals surface area contributed by atoms with Crippen molar-refractivity contribution in [3.05, 3.63) is 47.5 Å². The minimum absolute atomic E-state index is 0.0636. The van der Waals surface area contributed by atoms with Crippen LogP contribution in [0.4, 0.5) is 22.1 Å². The number of ether oxygens (including phenoxy) is 2. The van der Waals surface area contributed by atoms with Gasteiger partial charge in [-0.05, 0) is 73.7 Å². The molecule has 2 aromatic rings. The van der Waals surface area contributed by atoms with E-state index in [2.05, 4.69) is 31.9 Å². The molecule has 11 nitrogen and oxygen atoms in total. The topological polar surface area (TPSA) is 146 Å². The SMILES string of the molecule is CN(CCNC1CCCC(OC(=O)Nc2ccc3c(n2)NC(=O)CO3)C1)c1ccc(C#N)cc1/C=C\C=O. The van der Waals surface area contributed by atoms with E-state index in [-0.39, 0.29) is 36.3 Å². The fourth-order valence-corrected chi connectivity index (χ4v) is 4.56. The first-order valence-electron chi connectivity index (χ1n) is 12.5. The zero-order valence-electron chi connectivity index (χ0n) is 21.1. The first kappa shape index (κ1) is 26.6. The van der Waals surface area contributed by atoms with Crippen molar-refractivity contribution in [2.75, 3.05) is 42.3 Å². The van der Waals surface area contributed by atoms with Gasteiger partial charge in [-0.25, -0.2) is 9.78 Å². The number of hydrogen-bond donors (Lipinski definition) is 3. The minimum atomic E-state index is -0.595. The lowest BCUT2D eigenvalue weighted by molar-refractivity contribution is -0.118. The fraction of sp³-hybridized carbons (Fsp3) is 0.370. The van der Waals surface area contributed by atoms with E-state index in [1.807, 2.05) is 13.1 Å². The number of rotatable bonds is 9. The van der Waals surface area contributed by atoms with Gasteiger partial charge in [0.05, 0.1) is 11.6 Å². The average Bonchev–Trinajstić information content (AvgIpc) is 2.91. The summed E-state index contributed by atoms with van der Waals surface area (Å²) in [5.41, 5.74) is 2.26. The zero-order valence-corrected chi connectivity index (χ0v) is 21.1. The number of fused-ring (bicyclic) bond motifs is 1. The number of carbonyl (C=O) groups is 3. The molecule has 1 fully saturated rings. The van der Waals surface area contributed by atoms with Crippen molar-refractivity contribution in [2.24, 2.45) is 0 Å². The predicted molar refractivity (Wildman–Crippen MR) is 142 cm³/mol. The van der Waals surface area contributed by atoms with E-state index < -0.39 is 6.09 Å². The molecule has 0 radical (unpaired) electrons. The van der Waals surface area contributed by atoms with E-state index in [9.17, 15) is 19.6 Å². The standard InChI is InChI=1S/C27H30N6O5/c1-33(22-8-7-18(16-28)14-19(22)4-3-13-34)12-11-29-20-5-2-6-21(15-20)38-27(36)31-24-10-9-23-26(30-24)32-25(35)17-37-23/h3-4,7-10,13-14,20-21,29H,2,5-6,11-12,15,17H2,1H3,(H2,30,31,32,35,36)/b4-3-. The first-order chi connectivity index (χ1) is 18.4. The van der Waals surface area contributed by atoms with E-state index in [1.54, 1.807) is 30.3 Å². The van der Waals surface area contributed by atoms with Gasteiger partial charge in [0.2, 0.25) is 0 Å². The van der Waals surface area contributed by atoms with Crippen LogP contribution in [0.1, 0.15) is 36.8 Å². The Kier molecular flexibility index (Phi) is 8.89. The van der Waals surface area contributed by atoms with Gasteiger partial charge in [0.25, 0.3) is 5.91 Å². The van der Waals surface area contributed by atoms with Gasteiger partial charge in [-0.1, -0.05) is 0 Å². The van der Waals surface area contributed by atoms with Gasteiger partial charge in [-0.15, -0.1) is 0 Å². The van der Waals surface area contributed by atoms with Gasteiger partial charge < -0.3 is 25.0 Å². The molecule has 4 rings (SSSR count). The Morgan fingerprint density at radius 3 is 3.03 bits per heavy atom. The highest BCUT2D eigenvalue weighted by molar-refractivity contribution is 5.94. The lowest BCUT2D eigenvalue weighted by atomic mass is 9.93. The molecule has 2 heterocycles. The van der Waals surface area contributed by atoms with Crippen LogP contribution in [0.3, 0.4) is 0 Å². The van der Waals surface area contributed by atoms with Gasteiger partial charge in [0.1, 0.15) is 18.2 Å². The quantitative estimate of drug-likeness (QED) is 0.337. The molecular formula is C27H30N6O5. The molecule has 1 aromatic carbocycles. The van der Waals surface area contributed by atoms with Crippen LogP contribution in [0.5, 0.6) is 5.75 Å². The lowest BCUT2D eigenvalue weighted by Crippen LogP contribution is -2.41. The number of amides is 2. The van der Waals surface area contributed by atoms with Crippen LogP contribution in [0.2, 0.25) is 0 Å². The number of hydrogen-bond acceptors (Lipinski definition) is 9. The third-order valence-corrected chi connectivity index (χ3v) is 6.41. The highest BCUT2D eigenvalue weighted by Gasteiger charge is 2.25. The maximum atomic E-state index is 12.5. The summed E-state index contributed by atoms with van der Waals surface area (Å²) in [6.45, 7) is 1.36. The number of nitrogens with zero attached hydrogens (tertiary/aromatic N) is 3. The van der Waals surface area contributed by atoms with Gasteiger partial charge in [0, 0.05) is 31.9 Å². The van der Waals surface area contributed by atoms with Crippen LogP contribution in [-0.4, -0.2) is 62.2 Å². The van der Waals surface area contributed by atoms with Crippen molar-refractivity contribution in [1.29, 1.82) is 5.26 Å². The predicted octanol–water partition coefficient (Wildman–Crippen LogP) is 3.08. The number of nitrogens with one attached hydrogen (secondary N) is 3. The first-order valence-corrected chi connectivity index (χ1v) is 12.5. The van der Waals surface area contributed by atoms with Gasteiger partial charge >= 0.3 is 6.09 Å². The molecule has 2 aliphatic rings. The number of aromatic nitrogens is 1. The van der Waals surface area contributed by atoms with E-state index in [4.69, 9.17) is 9.47 Å². The number of nitriles is 1. The molecule has 2 atom stereocenters. The average molecular weight is 519 g/mol. The van der Waals surface area contributed by atoms with Gasteiger partial charge in [-0.2, -0.15) is 5.26 Å². The molecule has 38 heavy (non-hydrogen) atoms. The summed E-state index contributed by atoms with van der Waals surface area (Å²) in [6, 6.07) is 11.0. The number of carbonyl (C=O) groups excluding carboxylic acids is 3.